The molecule has 5 rings (SSSR count). The second kappa shape index (κ2) is 9.71. The molecule has 186 valence electrons. The van der Waals surface area contributed by atoms with Gasteiger partial charge < -0.3 is 15.1 Å². The predicted molar refractivity (Wildman–Crippen MR) is 137 cm³/mol. The first-order chi connectivity index (χ1) is 17.3. The van der Waals surface area contributed by atoms with Gasteiger partial charge in [0.2, 0.25) is 9.84 Å². The van der Waals surface area contributed by atoms with E-state index in [1.165, 1.54) is 30.3 Å². The van der Waals surface area contributed by atoms with Crippen molar-refractivity contribution < 1.29 is 17.6 Å². The molecule has 0 radical (unpaired) electrons. The largest absolute Gasteiger partial charge is 0.369 e. The Balaban J connectivity index is 1.35. The fourth-order valence-corrected chi connectivity index (χ4v) is 5.69. The Bertz CT molecular complexity index is 1510. The average molecular weight is 508 g/mol. The van der Waals surface area contributed by atoms with Crippen LogP contribution in [-0.4, -0.2) is 62.1 Å². The van der Waals surface area contributed by atoms with Crippen molar-refractivity contribution in [3.05, 3.63) is 78.2 Å². The second-order valence-electron chi connectivity index (χ2n) is 8.66. The molecule has 0 bridgehead atoms. The Labute approximate surface area is 208 Å². The van der Waals surface area contributed by atoms with E-state index in [0.29, 0.717) is 16.6 Å². The van der Waals surface area contributed by atoms with Crippen LogP contribution in [-0.2, 0) is 9.84 Å². The molecule has 0 spiro atoms. The number of halogens is 1. The maximum absolute atomic E-state index is 13.6. The van der Waals surface area contributed by atoms with Crippen LogP contribution >= 0.6 is 0 Å². The molecule has 0 aliphatic carbocycles. The summed E-state index contributed by atoms with van der Waals surface area (Å²) in [5.41, 5.74) is 2.29. The lowest BCUT2D eigenvalue weighted by molar-refractivity contribution is 0.102. The van der Waals surface area contributed by atoms with Crippen molar-refractivity contribution in [1.82, 2.24) is 15.1 Å². The van der Waals surface area contributed by atoms with E-state index in [-0.39, 0.29) is 15.5 Å². The number of rotatable bonds is 6. The number of H-pyrrole nitrogens is 1. The van der Waals surface area contributed by atoms with Gasteiger partial charge >= 0.3 is 0 Å². The van der Waals surface area contributed by atoms with Crippen LogP contribution in [0.2, 0.25) is 0 Å². The highest BCUT2D eigenvalue weighted by molar-refractivity contribution is 7.91. The molecule has 1 saturated heterocycles. The first-order valence-electron chi connectivity index (χ1n) is 11.7. The normalized spacial score (nSPS) is 14.8. The smallest absolute Gasteiger partial charge is 0.276 e. The molecule has 8 nitrogen and oxygen atoms in total. The van der Waals surface area contributed by atoms with Gasteiger partial charge in [0.25, 0.3) is 5.91 Å². The molecule has 2 N–H and O–H groups in total. The zero-order valence-electron chi connectivity index (χ0n) is 19.7. The van der Waals surface area contributed by atoms with Crippen molar-refractivity contribution >= 4 is 38.0 Å². The summed E-state index contributed by atoms with van der Waals surface area (Å²) in [6.07, 6.45) is 0. The number of nitrogens with one attached hydrogen (secondary N) is 2. The number of nitrogens with zero attached hydrogens (tertiary/aromatic N) is 3. The maximum atomic E-state index is 13.6. The lowest BCUT2D eigenvalue weighted by atomic mass is 10.2. The maximum Gasteiger partial charge on any atom is 0.276 e. The molecule has 1 aliphatic heterocycles. The van der Waals surface area contributed by atoms with E-state index in [2.05, 4.69) is 32.2 Å². The highest BCUT2D eigenvalue weighted by atomic mass is 32.2. The van der Waals surface area contributed by atoms with Crippen molar-refractivity contribution in [1.29, 1.82) is 0 Å². The van der Waals surface area contributed by atoms with Gasteiger partial charge in [0, 0.05) is 42.9 Å². The van der Waals surface area contributed by atoms with Gasteiger partial charge in [-0.15, -0.1) is 0 Å². The third-order valence-electron chi connectivity index (χ3n) is 6.48. The van der Waals surface area contributed by atoms with E-state index < -0.39 is 21.6 Å². The van der Waals surface area contributed by atoms with E-state index in [4.69, 9.17) is 0 Å². The highest BCUT2D eigenvalue weighted by Gasteiger charge is 2.22. The van der Waals surface area contributed by atoms with Gasteiger partial charge in [-0.2, -0.15) is 5.10 Å². The van der Waals surface area contributed by atoms with Crippen molar-refractivity contribution in [2.45, 2.75) is 16.7 Å². The van der Waals surface area contributed by atoms with Crippen LogP contribution in [0.1, 0.15) is 17.4 Å². The third-order valence-corrected chi connectivity index (χ3v) is 8.22. The summed E-state index contributed by atoms with van der Waals surface area (Å²) in [7, 11) is -3.97. The minimum atomic E-state index is -3.97. The van der Waals surface area contributed by atoms with Crippen LogP contribution in [0.15, 0.2) is 76.5 Å². The van der Waals surface area contributed by atoms with Gasteiger partial charge in [-0.3, -0.25) is 9.89 Å². The molecular formula is C26H26FN5O3S. The summed E-state index contributed by atoms with van der Waals surface area (Å²) < 4.78 is 39.7. The molecule has 4 aromatic rings. The van der Waals surface area contributed by atoms with Crippen molar-refractivity contribution in [3.63, 3.8) is 0 Å². The van der Waals surface area contributed by atoms with Gasteiger partial charge in [-0.25, -0.2) is 12.8 Å². The van der Waals surface area contributed by atoms with E-state index >= 15 is 0 Å². The first kappa shape index (κ1) is 24.0. The zero-order chi connectivity index (χ0) is 25.3. The lowest BCUT2D eigenvalue weighted by Gasteiger charge is -2.35. The van der Waals surface area contributed by atoms with Crippen molar-refractivity contribution in [3.8, 4) is 0 Å². The number of aromatic nitrogens is 2. The number of anilines is 2. The van der Waals surface area contributed by atoms with Crippen LogP contribution in [0.5, 0.6) is 0 Å². The quantitative estimate of drug-likeness (QED) is 0.410. The topological polar surface area (TPSA) is 98.4 Å². The number of fused-ring (bicyclic) bond motifs is 1. The molecule has 0 unspecified atom stereocenters. The van der Waals surface area contributed by atoms with Crippen LogP contribution in [0, 0.1) is 5.82 Å². The standard InChI is InChI=1S/C26H26FN5O3S/c1-2-31-12-14-32(15-13-31)20-8-6-19(7-9-20)28-26(33)25-23-17-22(10-11-24(23)29-30-25)36(34,35)21-5-3-4-18(27)16-21/h3-11,16-17H,2,12-15H2,1H3,(H,28,33)(H,29,30). The summed E-state index contributed by atoms with van der Waals surface area (Å²) in [6.45, 7) is 7.19. The summed E-state index contributed by atoms with van der Waals surface area (Å²) >= 11 is 0. The molecular weight excluding hydrogens is 481 g/mol. The number of carbonyl (C=O) groups is 1. The van der Waals surface area contributed by atoms with E-state index in [1.54, 1.807) is 6.07 Å². The number of carbonyl (C=O) groups excluding carboxylic acids is 1. The van der Waals surface area contributed by atoms with Crippen molar-refractivity contribution in [2.75, 3.05) is 42.9 Å². The van der Waals surface area contributed by atoms with Gasteiger partial charge in [-0.05, 0) is 67.2 Å². The van der Waals surface area contributed by atoms with Crippen LogP contribution in [0.25, 0.3) is 10.9 Å². The number of piperazine rings is 1. The van der Waals surface area contributed by atoms with Crippen molar-refractivity contribution in [2.24, 2.45) is 0 Å². The van der Waals surface area contributed by atoms with E-state index in [0.717, 1.165) is 44.5 Å². The Hall–Kier alpha value is -3.76. The fraction of sp³-hybridized carbons (Fsp3) is 0.231. The monoisotopic (exact) mass is 507 g/mol. The molecule has 1 aliphatic rings. The number of amides is 1. The predicted octanol–water partition coefficient (Wildman–Crippen LogP) is 3.93. The summed E-state index contributed by atoms with van der Waals surface area (Å²) in [5, 5.41) is 10.1. The number of benzene rings is 3. The molecule has 1 aromatic heterocycles. The fourth-order valence-electron chi connectivity index (χ4n) is 4.37. The number of sulfone groups is 1. The SMILES string of the molecule is CCN1CCN(c2ccc(NC(=O)c3n[nH]c4ccc(S(=O)(=O)c5cccc(F)c5)cc34)cc2)CC1. The number of aromatic amines is 1. The van der Waals surface area contributed by atoms with E-state index in [9.17, 15) is 17.6 Å². The number of likely N-dealkylation sites (N-methyl/N-ethyl adjacent to an activating group) is 1. The summed E-state index contributed by atoms with van der Waals surface area (Å²) in [6, 6.07) is 16.8. The minimum Gasteiger partial charge on any atom is -0.369 e. The zero-order valence-corrected chi connectivity index (χ0v) is 20.6. The van der Waals surface area contributed by atoms with Gasteiger partial charge in [0.1, 0.15) is 5.82 Å². The van der Waals surface area contributed by atoms with Gasteiger partial charge in [-0.1, -0.05) is 13.0 Å². The molecule has 36 heavy (non-hydrogen) atoms. The van der Waals surface area contributed by atoms with Crippen LogP contribution < -0.4 is 10.2 Å². The lowest BCUT2D eigenvalue weighted by Crippen LogP contribution is -2.46. The molecule has 0 saturated carbocycles. The van der Waals surface area contributed by atoms with Gasteiger partial charge in [0.15, 0.2) is 5.69 Å². The Morgan fingerprint density at radius 2 is 1.72 bits per heavy atom. The molecule has 3 aromatic carbocycles. The third kappa shape index (κ3) is 4.69. The Morgan fingerprint density at radius 1 is 1.00 bits per heavy atom. The molecule has 2 heterocycles. The Kier molecular flexibility index (Phi) is 6.46. The molecule has 1 amide bonds. The second-order valence-corrected chi connectivity index (χ2v) is 10.6. The summed E-state index contributed by atoms with van der Waals surface area (Å²) in [5.74, 6) is -1.11. The molecule has 0 atom stereocenters. The minimum absolute atomic E-state index is 0.0522. The van der Waals surface area contributed by atoms with E-state index in [1.807, 2.05) is 24.3 Å². The molecule has 10 heteroatoms. The highest BCUT2D eigenvalue weighted by Crippen LogP contribution is 2.27. The molecule has 1 fully saturated rings. The average Bonchev–Trinajstić information content (AvgIpc) is 3.33. The first-order valence-corrected chi connectivity index (χ1v) is 13.2. The van der Waals surface area contributed by atoms with Crippen LogP contribution in [0.4, 0.5) is 15.8 Å². The Morgan fingerprint density at radius 3 is 2.42 bits per heavy atom. The van der Waals surface area contributed by atoms with Crippen LogP contribution in [0.3, 0.4) is 0 Å². The number of hydrogen-bond acceptors (Lipinski definition) is 6. The number of hydrogen-bond donors (Lipinski definition) is 2. The summed E-state index contributed by atoms with van der Waals surface area (Å²) in [4.78, 5) is 17.5. The van der Waals surface area contributed by atoms with Gasteiger partial charge in [0.05, 0.1) is 15.3 Å².